The highest BCUT2D eigenvalue weighted by molar-refractivity contribution is 6.30. The molecule has 1 fully saturated rings. The predicted molar refractivity (Wildman–Crippen MR) is 81.7 cm³/mol. The van der Waals surface area contributed by atoms with Gasteiger partial charge in [-0.1, -0.05) is 11.6 Å². The number of piperazine rings is 1. The van der Waals surface area contributed by atoms with Crippen LogP contribution in [0.3, 0.4) is 0 Å². The average molecular weight is 313 g/mol. The fourth-order valence-corrected chi connectivity index (χ4v) is 2.44. The van der Waals surface area contributed by atoms with Crippen molar-refractivity contribution in [2.75, 3.05) is 39.8 Å². The number of carbonyl (C=O) groups is 1. The first kappa shape index (κ1) is 16.1. The van der Waals surface area contributed by atoms with E-state index in [9.17, 15) is 9.90 Å². The Kier molecular flexibility index (Phi) is 5.45. The topological polar surface area (TPSA) is 53.0 Å². The molecule has 0 spiro atoms. The van der Waals surface area contributed by atoms with E-state index in [4.69, 9.17) is 16.3 Å². The van der Waals surface area contributed by atoms with Crippen molar-refractivity contribution in [2.45, 2.75) is 13.0 Å². The van der Waals surface area contributed by atoms with Crippen LogP contribution in [0.4, 0.5) is 0 Å². The minimum Gasteiger partial charge on any atom is -0.483 e. The van der Waals surface area contributed by atoms with Gasteiger partial charge < -0.3 is 19.6 Å². The van der Waals surface area contributed by atoms with Crippen molar-refractivity contribution in [1.29, 1.82) is 0 Å². The molecule has 0 aromatic heterocycles. The molecule has 1 unspecified atom stereocenters. The summed E-state index contributed by atoms with van der Waals surface area (Å²) in [6, 6.07) is 5.02. The maximum atomic E-state index is 12.1. The van der Waals surface area contributed by atoms with Gasteiger partial charge in [-0.2, -0.15) is 0 Å². The summed E-state index contributed by atoms with van der Waals surface area (Å²) in [7, 11) is 2.04. The first-order valence-electron chi connectivity index (χ1n) is 7.04. The number of aliphatic hydroxyl groups is 1. The second kappa shape index (κ2) is 7.11. The van der Waals surface area contributed by atoms with Gasteiger partial charge in [0.15, 0.2) is 6.61 Å². The van der Waals surface area contributed by atoms with Gasteiger partial charge in [0.2, 0.25) is 0 Å². The van der Waals surface area contributed by atoms with E-state index in [1.54, 1.807) is 30.0 Å². The van der Waals surface area contributed by atoms with Gasteiger partial charge in [0.25, 0.3) is 5.91 Å². The van der Waals surface area contributed by atoms with Crippen LogP contribution >= 0.6 is 11.6 Å². The number of likely N-dealkylation sites (N-methyl/N-ethyl adjacent to an activating group) is 1. The van der Waals surface area contributed by atoms with Crippen LogP contribution in [0.1, 0.15) is 18.6 Å². The van der Waals surface area contributed by atoms with E-state index < -0.39 is 6.10 Å². The van der Waals surface area contributed by atoms with Crippen molar-refractivity contribution in [1.82, 2.24) is 9.80 Å². The summed E-state index contributed by atoms with van der Waals surface area (Å²) in [5.74, 6) is 0.464. The Bertz CT molecular complexity index is 500. The Labute approximate surface area is 130 Å². The maximum absolute atomic E-state index is 12.1. The smallest absolute Gasteiger partial charge is 0.260 e. The van der Waals surface area contributed by atoms with Crippen LogP contribution < -0.4 is 4.74 Å². The molecule has 0 aliphatic carbocycles. The van der Waals surface area contributed by atoms with E-state index in [2.05, 4.69) is 4.90 Å². The average Bonchev–Trinajstić information content (AvgIpc) is 2.46. The van der Waals surface area contributed by atoms with Crippen LogP contribution in [0.2, 0.25) is 5.02 Å². The van der Waals surface area contributed by atoms with E-state index in [0.717, 1.165) is 26.2 Å². The van der Waals surface area contributed by atoms with Gasteiger partial charge in [-0.05, 0) is 32.2 Å². The van der Waals surface area contributed by atoms with Gasteiger partial charge >= 0.3 is 0 Å². The van der Waals surface area contributed by atoms with Crippen molar-refractivity contribution < 1.29 is 14.6 Å². The quantitative estimate of drug-likeness (QED) is 0.916. The van der Waals surface area contributed by atoms with Crippen LogP contribution in [0.25, 0.3) is 0 Å². The summed E-state index contributed by atoms with van der Waals surface area (Å²) in [4.78, 5) is 16.1. The van der Waals surface area contributed by atoms with Gasteiger partial charge in [-0.3, -0.25) is 4.79 Å². The first-order chi connectivity index (χ1) is 9.97. The largest absolute Gasteiger partial charge is 0.483 e. The Balaban J connectivity index is 1.95. The Hall–Kier alpha value is -1.30. The number of amides is 1. The molecule has 1 aromatic rings. The second-order valence-corrected chi connectivity index (χ2v) is 5.77. The fourth-order valence-electron chi connectivity index (χ4n) is 2.26. The minimum atomic E-state index is -0.697. The number of ether oxygens (including phenoxy) is 1. The lowest BCUT2D eigenvalue weighted by molar-refractivity contribution is -0.134. The zero-order valence-electron chi connectivity index (χ0n) is 12.4. The summed E-state index contributed by atoms with van der Waals surface area (Å²) in [5, 5.41) is 10.3. The fraction of sp³-hybridized carbons (Fsp3) is 0.533. The van der Waals surface area contributed by atoms with Crippen LogP contribution in [-0.2, 0) is 4.79 Å². The third-order valence-electron chi connectivity index (χ3n) is 3.63. The molecule has 1 heterocycles. The van der Waals surface area contributed by atoms with E-state index in [-0.39, 0.29) is 12.5 Å². The molecule has 5 nitrogen and oxygen atoms in total. The molecule has 1 N–H and O–H groups in total. The number of hydrogen-bond donors (Lipinski definition) is 1. The van der Waals surface area contributed by atoms with Crippen LogP contribution in [-0.4, -0.2) is 60.6 Å². The first-order valence-corrected chi connectivity index (χ1v) is 7.42. The molecule has 0 radical (unpaired) electrons. The second-order valence-electron chi connectivity index (χ2n) is 5.33. The molecule has 116 valence electrons. The summed E-state index contributed by atoms with van der Waals surface area (Å²) >= 11 is 5.91. The van der Waals surface area contributed by atoms with Crippen LogP contribution in [0, 0.1) is 0 Å². The lowest BCUT2D eigenvalue weighted by Gasteiger charge is -2.32. The molecular weight excluding hydrogens is 292 g/mol. The van der Waals surface area contributed by atoms with Gasteiger partial charge in [0.1, 0.15) is 5.75 Å². The number of aliphatic hydroxyl groups excluding tert-OH is 1. The van der Waals surface area contributed by atoms with Gasteiger partial charge in [-0.25, -0.2) is 0 Å². The highest BCUT2D eigenvalue weighted by Gasteiger charge is 2.20. The molecular formula is C15H21ClN2O3. The van der Waals surface area contributed by atoms with E-state index >= 15 is 0 Å². The lowest BCUT2D eigenvalue weighted by Crippen LogP contribution is -2.48. The van der Waals surface area contributed by atoms with Crippen LogP contribution in [0.5, 0.6) is 5.75 Å². The standard InChI is InChI=1S/C15H21ClN2O3/c1-11(19)13-9-12(16)3-4-14(13)21-10-15(20)18-7-5-17(2)6-8-18/h3-4,9,11,19H,5-8,10H2,1-2H3. The summed E-state index contributed by atoms with van der Waals surface area (Å²) in [6.07, 6.45) is -0.697. The van der Waals surface area contributed by atoms with Gasteiger partial charge in [0, 0.05) is 36.8 Å². The molecule has 1 aromatic carbocycles. The zero-order valence-corrected chi connectivity index (χ0v) is 13.1. The molecule has 2 rings (SSSR count). The SMILES string of the molecule is CC(O)c1cc(Cl)ccc1OCC(=O)N1CCN(C)CC1. The number of rotatable bonds is 4. The van der Waals surface area contributed by atoms with E-state index in [0.29, 0.717) is 16.3 Å². The number of nitrogens with zero attached hydrogens (tertiary/aromatic N) is 2. The van der Waals surface area contributed by atoms with Crippen molar-refractivity contribution in [3.05, 3.63) is 28.8 Å². The molecule has 1 saturated heterocycles. The van der Waals surface area contributed by atoms with Crippen LogP contribution in [0.15, 0.2) is 18.2 Å². The number of carbonyl (C=O) groups excluding carboxylic acids is 1. The molecule has 0 saturated carbocycles. The summed E-state index contributed by atoms with van der Waals surface area (Å²) < 4.78 is 5.57. The van der Waals surface area contributed by atoms with Gasteiger partial charge in [0.05, 0.1) is 6.10 Å². The lowest BCUT2D eigenvalue weighted by atomic mass is 10.1. The zero-order chi connectivity index (χ0) is 15.4. The van der Waals surface area contributed by atoms with E-state index in [1.165, 1.54) is 0 Å². The highest BCUT2D eigenvalue weighted by atomic mass is 35.5. The Morgan fingerprint density at radius 3 is 2.67 bits per heavy atom. The van der Waals surface area contributed by atoms with Crippen molar-refractivity contribution in [3.63, 3.8) is 0 Å². The third-order valence-corrected chi connectivity index (χ3v) is 3.86. The van der Waals surface area contributed by atoms with E-state index in [1.807, 2.05) is 7.05 Å². The van der Waals surface area contributed by atoms with Crippen molar-refractivity contribution >= 4 is 17.5 Å². The summed E-state index contributed by atoms with van der Waals surface area (Å²) in [6.45, 7) is 4.83. The minimum absolute atomic E-state index is 0.0228. The number of halogens is 1. The Morgan fingerprint density at radius 2 is 2.05 bits per heavy atom. The molecule has 21 heavy (non-hydrogen) atoms. The molecule has 1 atom stereocenters. The molecule has 1 aliphatic heterocycles. The highest BCUT2D eigenvalue weighted by Crippen LogP contribution is 2.28. The van der Waals surface area contributed by atoms with Gasteiger partial charge in [-0.15, -0.1) is 0 Å². The maximum Gasteiger partial charge on any atom is 0.260 e. The molecule has 1 amide bonds. The number of benzene rings is 1. The number of hydrogen-bond acceptors (Lipinski definition) is 4. The molecule has 0 bridgehead atoms. The normalized spacial score (nSPS) is 17.6. The summed E-state index contributed by atoms with van der Waals surface area (Å²) in [5.41, 5.74) is 0.591. The molecule has 6 heteroatoms. The Morgan fingerprint density at radius 1 is 1.38 bits per heavy atom. The third kappa shape index (κ3) is 4.33. The molecule has 1 aliphatic rings. The predicted octanol–water partition coefficient (Wildman–Crippen LogP) is 1.55. The van der Waals surface area contributed by atoms with Crippen molar-refractivity contribution in [2.24, 2.45) is 0 Å². The monoisotopic (exact) mass is 312 g/mol. The van der Waals surface area contributed by atoms with Crippen molar-refractivity contribution in [3.8, 4) is 5.75 Å².